The number of amides is 1. The summed E-state index contributed by atoms with van der Waals surface area (Å²) >= 11 is 3.23. The van der Waals surface area contributed by atoms with Gasteiger partial charge in [-0.2, -0.15) is 0 Å². The normalized spacial score (nSPS) is 19.1. The number of methoxy groups -OCH3 is 1. The van der Waals surface area contributed by atoms with Crippen molar-refractivity contribution < 1.29 is 18.7 Å². The van der Waals surface area contributed by atoms with E-state index in [2.05, 4.69) is 15.9 Å². The van der Waals surface area contributed by atoms with Crippen molar-refractivity contribution in [3.05, 3.63) is 28.0 Å². The third kappa shape index (κ3) is 3.28. The quantitative estimate of drug-likeness (QED) is 0.898. The SMILES string of the molecule is COCC1CN(c2cc(Br)cc(F)c2C(N)=O)CCO1. The van der Waals surface area contributed by atoms with E-state index < -0.39 is 11.7 Å². The number of halogens is 2. The van der Waals surface area contributed by atoms with Crippen molar-refractivity contribution in [2.24, 2.45) is 5.73 Å². The van der Waals surface area contributed by atoms with Gasteiger partial charge in [-0.25, -0.2) is 4.39 Å². The highest BCUT2D eigenvalue weighted by Gasteiger charge is 2.25. The molecule has 0 radical (unpaired) electrons. The molecule has 110 valence electrons. The highest BCUT2D eigenvalue weighted by Crippen LogP contribution is 2.29. The first kappa shape index (κ1) is 15.2. The summed E-state index contributed by atoms with van der Waals surface area (Å²) in [7, 11) is 1.59. The Bertz CT molecular complexity index is 511. The third-order valence-electron chi connectivity index (χ3n) is 3.11. The van der Waals surface area contributed by atoms with Crippen LogP contribution in [0, 0.1) is 5.82 Å². The fraction of sp³-hybridized carbons (Fsp3) is 0.462. The lowest BCUT2D eigenvalue weighted by Gasteiger charge is -2.35. The second kappa shape index (κ2) is 6.51. The fourth-order valence-electron chi connectivity index (χ4n) is 2.28. The number of hydrogen-bond acceptors (Lipinski definition) is 4. The van der Waals surface area contributed by atoms with Crippen LogP contribution in [-0.4, -0.2) is 45.4 Å². The van der Waals surface area contributed by atoms with Crippen LogP contribution in [0.3, 0.4) is 0 Å². The maximum Gasteiger partial charge on any atom is 0.253 e. The lowest BCUT2D eigenvalue weighted by molar-refractivity contribution is -0.0101. The van der Waals surface area contributed by atoms with Crippen LogP contribution in [0.15, 0.2) is 16.6 Å². The molecule has 1 heterocycles. The Labute approximate surface area is 125 Å². The molecule has 0 bridgehead atoms. The Morgan fingerprint density at radius 3 is 3.05 bits per heavy atom. The molecule has 0 aliphatic carbocycles. The molecule has 20 heavy (non-hydrogen) atoms. The summed E-state index contributed by atoms with van der Waals surface area (Å²) in [6, 6.07) is 2.93. The molecule has 1 fully saturated rings. The molecule has 1 aromatic carbocycles. The van der Waals surface area contributed by atoms with E-state index in [9.17, 15) is 9.18 Å². The maximum absolute atomic E-state index is 13.9. The van der Waals surface area contributed by atoms with Gasteiger partial charge in [0.05, 0.1) is 30.6 Å². The number of morpholine rings is 1. The second-order valence-electron chi connectivity index (χ2n) is 4.54. The molecular formula is C13H16BrFN2O3. The molecule has 2 N–H and O–H groups in total. The molecule has 5 nitrogen and oxygen atoms in total. The number of ether oxygens (including phenoxy) is 2. The van der Waals surface area contributed by atoms with Gasteiger partial charge in [-0.1, -0.05) is 15.9 Å². The second-order valence-corrected chi connectivity index (χ2v) is 5.46. The minimum absolute atomic E-state index is 0.0914. The molecule has 7 heteroatoms. The van der Waals surface area contributed by atoms with Gasteiger partial charge in [0.1, 0.15) is 5.82 Å². The van der Waals surface area contributed by atoms with Gasteiger partial charge in [0, 0.05) is 24.7 Å². The molecule has 1 atom stereocenters. The molecule has 1 amide bonds. The zero-order valence-corrected chi connectivity index (χ0v) is 12.7. The van der Waals surface area contributed by atoms with Crippen LogP contribution < -0.4 is 10.6 Å². The van der Waals surface area contributed by atoms with Crippen LogP contribution in [-0.2, 0) is 9.47 Å². The van der Waals surface area contributed by atoms with E-state index in [0.29, 0.717) is 36.5 Å². The van der Waals surface area contributed by atoms with Gasteiger partial charge in [0.15, 0.2) is 0 Å². The summed E-state index contributed by atoms with van der Waals surface area (Å²) in [5.41, 5.74) is 5.68. The van der Waals surface area contributed by atoms with Crippen LogP contribution in [0.25, 0.3) is 0 Å². The van der Waals surface area contributed by atoms with Gasteiger partial charge in [-0.05, 0) is 12.1 Å². The predicted molar refractivity (Wildman–Crippen MR) is 76.4 cm³/mol. The summed E-state index contributed by atoms with van der Waals surface area (Å²) in [5, 5.41) is 0. The van der Waals surface area contributed by atoms with Gasteiger partial charge in [0.25, 0.3) is 5.91 Å². The number of primary amides is 1. The van der Waals surface area contributed by atoms with Crippen molar-refractivity contribution >= 4 is 27.5 Å². The van der Waals surface area contributed by atoms with E-state index in [0.717, 1.165) is 0 Å². The van der Waals surface area contributed by atoms with Gasteiger partial charge in [-0.15, -0.1) is 0 Å². The number of carbonyl (C=O) groups excluding carboxylic acids is 1. The first-order valence-corrected chi connectivity index (χ1v) is 6.96. The molecule has 1 saturated heterocycles. The minimum Gasteiger partial charge on any atom is -0.382 e. The topological polar surface area (TPSA) is 64.8 Å². The number of benzene rings is 1. The van der Waals surface area contributed by atoms with Crippen molar-refractivity contribution in [3.8, 4) is 0 Å². The summed E-state index contributed by atoms with van der Waals surface area (Å²) < 4.78 is 25.1. The number of carbonyl (C=O) groups is 1. The lowest BCUT2D eigenvalue weighted by atomic mass is 10.1. The van der Waals surface area contributed by atoms with Crippen molar-refractivity contribution in [2.45, 2.75) is 6.10 Å². The van der Waals surface area contributed by atoms with Crippen LogP contribution in [0.1, 0.15) is 10.4 Å². The Kier molecular flexibility index (Phi) is 4.95. The monoisotopic (exact) mass is 346 g/mol. The number of nitrogens with two attached hydrogens (primary N) is 1. The Hall–Kier alpha value is -1.18. The smallest absolute Gasteiger partial charge is 0.253 e. The zero-order chi connectivity index (χ0) is 14.7. The molecule has 0 aromatic heterocycles. The zero-order valence-electron chi connectivity index (χ0n) is 11.1. The molecule has 2 rings (SSSR count). The highest BCUT2D eigenvalue weighted by molar-refractivity contribution is 9.10. The standard InChI is InChI=1S/C13H16BrFN2O3/c1-19-7-9-6-17(2-3-20-9)11-5-8(14)4-10(15)12(11)13(16)18/h4-5,9H,2-3,6-7H2,1H3,(H2,16,18). The Morgan fingerprint density at radius 1 is 1.65 bits per heavy atom. The van der Waals surface area contributed by atoms with Gasteiger partial charge >= 0.3 is 0 Å². The van der Waals surface area contributed by atoms with Crippen LogP contribution in [0.5, 0.6) is 0 Å². The van der Waals surface area contributed by atoms with Gasteiger partial charge < -0.3 is 20.1 Å². The van der Waals surface area contributed by atoms with Gasteiger partial charge in [0.2, 0.25) is 0 Å². The summed E-state index contributed by atoms with van der Waals surface area (Å²) in [6.07, 6.45) is -0.114. The molecule has 1 aliphatic rings. The fourth-order valence-corrected chi connectivity index (χ4v) is 2.70. The van der Waals surface area contributed by atoms with E-state index >= 15 is 0 Å². The van der Waals surface area contributed by atoms with Gasteiger partial charge in [-0.3, -0.25) is 4.79 Å². The van der Waals surface area contributed by atoms with Crippen molar-refractivity contribution in [1.82, 2.24) is 0 Å². The highest BCUT2D eigenvalue weighted by atomic mass is 79.9. The molecule has 1 unspecified atom stereocenters. The van der Waals surface area contributed by atoms with E-state index in [1.165, 1.54) is 6.07 Å². The third-order valence-corrected chi connectivity index (χ3v) is 3.57. The van der Waals surface area contributed by atoms with E-state index in [-0.39, 0.29) is 11.7 Å². The average Bonchev–Trinajstić information content (AvgIpc) is 2.38. The summed E-state index contributed by atoms with van der Waals surface area (Å²) in [6.45, 7) is 2.01. The number of rotatable bonds is 4. The van der Waals surface area contributed by atoms with Crippen molar-refractivity contribution in [3.63, 3.8) is 0 Å². The molecule has 0 spiro atoms. The van der Waals surface area contributed by atoms with E-state index in [1.54, 1.807) is 13.2 Å². The summed E-state index contributed by atoms with van der Waals surface area (Å²) in [4.78, 5) is 13.4. The summed E-state index contributed by atoms with van der Waals surface area (Å²) in [5.74, 6) is -1.41. The first-order chi connectivity index (χ1) is 9.52. The van der Waals surface area contributed by atoms with Crippen LogP contribution in [0.2, 0.25) is 0 Å². The van der Waals surface area contributed by atoms with Crippen LogP contribution in [0.4, 0.5) is 10.1 Å². The lowest BCUT2D eigenvalue weighted by Crippen LogP contribution is -2.45. The van der Waals surface area contributed by atoms with E-state index in [1.807, 2.05) is 4.90 Å². The van der Waals surface area contributed by atoms with Crippen LogP contribution >= 0.6 is 15.9 Å². The predicted octanol–water partition coefficient (Wildman–Crippen LogP) is 1.54. The largest absolute Gasteiger partial charge is 0.382 e. The molecule has 0 saturated carbocycles. The first-order valence-electron chi connectivity index (χ1n) is 6.17. The average molecular weight is 347 g/mol. The maximum atomic E-state index is 13.9. The number of anilines is 1. The Morgan fingerprint density at radius 2 is 2.40 bits per heavy atom. The number of nitrogens with zero attached hydrogens (tertiary/aromatic N) is 1. The van der Waals surface area contributed by atoms with Crippen molar-refractivity contribution in [1.29, 1.82) is 0 Å². The number of hydrogen-bond donors (Lipinski definition) is 1. The van der Waals surface area contributed by atoms with Crippen molar-refractivity contribution in [2.75, 3.05) is 38.3 Å². The molecule has 1 aromatic rings. The van der Waals surface area contributed by atoms with E-state index in [4.69, 9.17) is 15.2 Å². The molecule has 1 aliphatic heterocycles. The minimum atomic E-state index is -0.778. The Balaban J connectivity index is 2.33. The molecular weight excluding hydrogens is 331 g/mol.